The highest BCUT2D eigenvalue weighted by Gasteiger charge is 2.31. The molecule has 2 aromatic rings. The maximum Gasteiger partial charge on any atom is 0.573 e. The zero-order valence-corrected chi connectivity index (χ0v) is 10.3. The molecule has 0 bridgehead atoms. The molecule has 0 aliphatic carbocycles. The van der Waals surface area contributed by atoms with Crippen LogP contribution in [0.4, 0.5) is 18.9 Å². The van der Waals surface area contributed by atoms with Crippen LogP contribution in [0.5, 0.6) is 5.75 Å². The van der Waals surface area contributed by atoms with E-state index >= 15 is 0 Å². The van der Waals surface area contributed by atoms with Gasteiger partial charge >= 0.3 is 6.36 Å². The van der Waals surface area contributed by atoms with Gasteiger partial charge < -0.3 is 10.5 Å². The number of nitrogens with two attached hydrogens (primary N) is 1. The Balaban J connectivity index is 2.38. The molecule has 0 amide bonds. The molecule has 2 rings (SSSR count). The van der Waals surface area contributed by atoms with E-state index < -0.39 is 6.36 Å². The molecule has 2 N–H and O–H groups in total. The minimum atomic E-state index is -4.72. The van der Waals surface area contributed by atoms with E-state index in [2.05, 4.69) is 4.74 Å². The molecule has 19 heavy (non-hydrogen) atoms. The van der Waals surface area contributed by atoms with Crippen LogP contribution in [-0.2, 0) is 0 Å². The van der Waals surface area contributed by atoms with Gasteiger partial charge in [0, 0.05) is 11.3 Å². The lowest BCUT2D eigenvalue weighted by molar-refractivity contribution is -0.274. The average Bonchev–Trinajstić information content (AvgIpc) is 2.26. The Labute approximate surface area is 112 Å². The van der Waals surface area contributed by atoms with Crippen LogP contribution in [0.2, 0.25) is 5.02 Å². The summed E-state index contributed by atoms with van der Waals surface area (Å²) in [6, 6.07) is 10.4. The smallest absolute Gasteiger partial charge is 0.406 e. The van der Waals surface area contributed by atoms with Crippen molar-refractivity contribution in [2.24, 2.45) is 0 Å². The second-order valence-corrected chi connectivity index (χ2v) is 4.22. The van der Waals surface area contributed by atoms with Crippen molar-refractivity contribution in [1.29, 1.82) is 0 Å². The Morgan fingerprint density at radius 1 is 1.05 bits per heavy atom. The highest BCUT2D eigenvalue weighted by atomic mass is 35.5. The predicted octanol–water partition coefficient (Wildman–Crippen LogP) is 4.49. The standard InChI is InChI=1S/C13H9ClF3NO/c14-12-7-9(18)4-5-11(12)8-2-1-3-10(6-8)19-13(15,16)17/h1-7H,18H2. The summed E-state index contributed by atoms with van der Waals surface area (Å²) in [6.45, 7) is 0. The van der Waals surface area contributed by atoms with Crippen molar-refractivity contribution in [2.45, 2.75) is 6.36 Å². The minimum absolute atomic E-state index is 0.294. The summed E-state index contributed by atoms with van der Waals surface area (Å²) in [5, 5.41) is 0.365. The molecule has 0 aromatic heterocycles. The van der Waals surface area contributed by atoms with Gasteiger partial charge in [-0.15, -0.1) is 13.2 Å². The maximum absolute atomic E-state index is 12.1. The third kappa shape index (κ3) is 3.54. The van der Waals surface area contributed by atoms with Crippen molar-refractivity contribution in [3.8, 4) is 16.9 Å². The van der Waals surface area contributed by atoms with Gasteiger partial charge in [0.25, 0.3) is 0 Å². The first-order chi connectivity index (χ1) is 8.85. The summed E-state index contributed by atoms with van der Waals surface area (Å²) >= 11 is 6.01. The molecule has 2 aromatic carbocycles. The Morgan fingerprint density at radius 2 is 1.79 bits per heavy atom. The van der Waals surface area contributed by atoms with Gasteiger partial charge in [0.1, 0.15) is 5.75 Å². The highest BCUT2D eigenvalue weighted by molar-refractivity contribution is 6.33. The fourth-order valence-corrected chi connectivity index (χ4v) is 1.92. The lowest BCUT2D eigenvalue weighted by Gasteiger charge is -2.11. The summed E-state index contributed by atoms with van der Waals surface area (Å²) in [7, 11) is 0. The first-order valence-corrected chi connectivity index (χ1v) is 5.64. The molecule has 0 heterocycles. The van der Waals surface area contributed by atoms with Gasteiger partial charge in [-0.25, -0.2) is 0 Å². The Morgan fingerprint density at radius 3 is 2.42 bits per heavy atom. The number of hydrogen-bond donors (Lipinski definition) is 1. The van der Waals surface area contributed by atoms with Crippen molar-refractivity contribution in [2.75, 3.05) is 5.73 Å². The van der Waals surface area contributed by atoms with E-state index in [-0.39, 0.29) is 5.75 Å². The van der Waals surface area contributed by atoms with Crippen LogP contribution in [0, 0.1) is 0 Å². The van der Waals surface area contributed by atoms with Gasteiger partial charge in [0.15, 0.2) is 0 Å². The average molecular weight is 288 g/mol. The van der Waals surface area contributed by atoms with E-state index in [4.69, 9.17) is 17.3 Å². The van der Waals surface area contributed by atoms with E-state index in [0.717, 1.165) is 0 Å². The number of nitrogen functional groups attached to an aromatic ring is 1. The van der Waals surface area contributed by atoms with Gasteiger partial charge in [-0.2, -0.15) is 0 Å². The number of anilines is 1. The van der Waals surface area contributed by atoms with Crippen LogP contribution in [0.25, 0.3) is 11.1 Å². The Hall–Kier alpha value is -1.88. The Kier molecular flexibility index (Phi) is 3.57. The molecular weight excluding hydrogens is 279 g/mol. The molecule has 6 heteroatoms. The molecule has 100 valence electrons. The maximum atomic E-state index is 12.1. The lowest BCUT2D eigenvalue weighted by Crippen LogP contribution is -2.17. The first-order valence-electron chi connectivity index (χ1n) is 5.26. The highest BCUT2D eigenvalue weighted by Crippen LogP contribution is 2.32. The topological polar surface area (TPSA) is 35.2 Å². The van der Waals surface area contributed by atoms with Gasteiger partial charge in [-0.3, -0.25) is 0 Å². The summed E-state index contributed by atoms with van der Waals surface area (Å²) in [6.07, 6.45) is -4.72. The second kappa shape index (κ2) is 5.01. The van der Waals surface area contributed by atoms with Crippen LogP contribution in [0.1, 0.15) is 0 Å². The lowest BCUT2D eigenvalue weighted by atomic mass is 10.1. The quantitative estimate of drug-likeness (QED) is 0.826. The van der Waals surface area contributed by atoms with Crippen molar-refractivity contribution >= 4 is 17.3 Å². The molecule has 0 radical (unpaired) electrons. The molecule has 0 aliphatic heterocycles. The van der Waals surface area contributed by atoms with Crippen molar-refractivity contribution in [1.82, 2.24) is 0 Å². The zero-order chi connectivity index (χ0) is 14.0. The van der Waals surface area contributed by atoms with E-state index in [0.29, 0.717) is 21.8 Å². The van der Waals surface area contributed by atoms with E-state index in [1.54, 1.807) is 18.2 Å². The number of halogens is 4. The van der Waals surface area contributed by atoms with Crippen LogP contribution >= 0.6 is 11.6 Å². The first kappa shape index (κ1) is 13.5. The molecular formula is C13H9ClF3NO. The van der Waals surface area contributed by atoms with Crippen molar-refractivity contribution < 1.29 is 17.9 Å². The fraction of sp³-hybridized carbons (Fsp3) is 0.0769. The monoisotopic (exact) mass is 287 g/mol. The summed E-state index contributed by atoms with van der Waals surface area (Å²) < 4.78 is 40.3. The largest absolute Gasteiger partial charge is 0.573 e. The number of alkyl halides is 3. The van der Waals surface area contributed by atoms with E-state index in [9.17, 15) is 13.2 Å². The number of rotatable bonds is 2. The molecule has 2 nitrogen and oxygen atoms in total. The molecule has 0 unspecified atom stereocenters. The second-order valence-electron chi connectivity index (χ2n) is 3.81. The van der Waals surface area contributed by atoms with Crippen LogP contribution in [-0.4, -0.2) is 6.36 Å². The predicted molar refractivity (Wildman–Crippen MR) is 68.0 cm³/mol. The normalized spacial score (nSPS) is 11.4. The summed E-state index contributed by atoms with van der Waals surface area (Å²) in [5.41, 5.74) is 7.15. The molecule has 0 atom stereocenters. The third-order valence-corrected chi connectivity index (χ3v) is 2.68. The molecule has 0 saturated carbocycles. The zero-order valence-electron chi connectivity index (χ0n) is 9.54. The summed E-state index contributed by atoms with van der Waals surface area (Å²) in [5.74, 6) is -0.294. The number of hydrogen-bond acceptors (Lipinski definition) is 2. The SMILES string of the molecule is Nc1ccc(-c2cccc(OC(F)(F)F)c2)c(Cl)c1. The van der Waals surface area contributed by atoms with Gasteiger partial charge in [0.05, 0.1) is 5.02 Å². The fourth-order valence-electron chi connectivity index (χ4n) is 1.63. The van der Waals surface area contributed by atoms with E-state index in [1.807, 2.05) is 0 Å². The van der Waals surface area contributed by atoms with Gasteiger partial charge in [0.2, 0.25) is 0 Å². The van der Waals surface area contributed by atoms with E-state index in [1.165, 1.54) is 24.3 Å². The van der Waals surface area contributed by atoms with Crippen LogP contribution in [0.3, 0.4) is 0 Å². The number of ether oxygens (including phenoxy) is 1. The molecule has 0 aliphatic rings. The molecule has 0 spiro atoms. The van der Waals surface area contributed by atoms with Crippen molar-refractivity contribution in [3.05, 3.63) is 47.5 Å². The van der Waals surface area contributed by atoms with Crippen LogP contribution in [0.15, 0.2) is 42.5 Å². The van der Waals surface area contributed by atoms with Gasteiger partial charge in [-0.05, 0) is 29.8 Å². The molecule has 0 saturated heterocycles. The van der Waals surface area contributed by atoms with Crippen molar-refractivity contribution in [3.63, 3.8) is 0 Å². The number of benzene rings is 2. The third-order valence-electron chi connectivity index (χ3n) is 2.37. The summed E-state index contributed by atoms with van der Waals surface area (Å²) in [4.78, 5) is 0. The Bertz CT molecular complexity index is 599. The molecule has 0 fully saturated rings. The van der Waals surface area contributed by atoms with Crippen LogP contribution < -0.4 is 10.5 Å². The van der Waals surface area contributed by atoms with Gasteiger partial charge in [-0.1, -0.05) is 29.8 Å². The minimum Gasteiger partial charge on any atom is -0.406 e.